The highest BCUT2D eigenvalue weighted by Gasteiger charge is 2.31. The van der Waals surface area contributed by atoms with Crippen molar-refractivity contribution in [1.82, 2.24) is 25.8 Å². The zero-order chi connectivity index (χ0) is 33.1. The van der Waals surface area contributed by atoms with Crippen LogP contribution in [-0.2, 0) is 16.0 Å². The van der Waals surface area contributed by atoms with E-state index in [1.54, 1.807) is 23.1 Å². The van der Waals surface area contributed by atoms with Gasteiger partial charge in [-0.3, -0.25) is 14.4 Å². The molecule has 0 spiro atoms. The highest BCUT2D eigenvalue weighted by molar-refractivity contribution is 5.99. The van der Waals surface area contributed by atoms with Gasteiger partial charge in [-0.05, 0) is 57.2 Å². The number of para-hydroxylation sites is 1. The quantitative estimate of drug-likeness (QED) is 0.186. The molecule has 1 aromatic heterocycles. The lowest BCUT2D eigenvalue weighted by atomic mass is 9.99. The summed E-state index contributed by atoms with van der Waals surface area (Å²) in [5.41, 5.74) is 6.48. The Kier molecular flexibility index (Phi) is 12.4. The third-order valence-electron chi connectivity index (χ3n) is 7.10. The molecule has 242 valence electrons. The number of hydrogen-bond donors (Lipinski definition) is 5. The average molecular weight is 619 g/mol. The first-order valence-corrected chi connectivity index (χ1v) is 15.3. The molecule has 1 unspecified atom stereocenters. The number of nitrogens with zero attached hydrogens (tertiary/aromatic N) is 2. The number of rotatable bonds is 14. The molecule has 0 saturated carbocycles. The molecule has 1 heterocycles. The van der Waals surface area contributed by atoms with Gasteiger partial charge in [0.2, 0.25) is 11.8 Å². The molecule has 3 rings (SSSR count). The van der Waals surface area contributed by atoms with Crippen molar-refractivity contribution in [2.45, 2.75) is 77.6 Å². The Labute approximate surface area is 265 Å². The van der Waals surface area contributed by atoms with Crippen molar-refractivity contribution < 1.29 is 24.3 Å². The van der Waals surface area contributed by atoms with E-state index in [2.05, 4.69) is 34.8 Å². The number of nitrogens with one attached hydrogen (secondary N) is 3. The minimum Gasteiger partial charge on any atom is -0.389 e. The maximum Gasteiger partial charge on any atom is 0.317 e. The van der Waals surface area contributed by atoms with E-state index in [9.17, 15) is 24.3 Å². The third-order valence-corrected chi connectivity index (χ3v) is 7.10. The summed E-state index contributed by atoms with van der Waals surface area (Å²) in [4.78, 5) is 57.8. The number of urea groups is 1. The molecule has 11 nitrogen and oxygen atoms in total. The predicted molar refractivity (Wildman–Crippen MR) is 174 cm³/mol. The number of hydrogen-bond acceptors (Lipinski definition) is 6. The molecule has 5 amide bonds. The zero-order valence-corrected chi connectivity index (χ0v) is 26.7. The fourth-order valence-electron chi connectivity index (χ4n) is 4.71. The molecular formula is C34H46N6O5. The minimum atomic E-state index is -1.32. The van der Waals surface area contributed by atoms with E-state index in [4.69, 9.17) is 5.73 Å². The molecule has 0 radical (unpaired) electrons. The highest BCUT2D eigenvalue weighted by Crippen LogP contribution is 2.14. The topological polar surface area (TPSA) is 167 Å². The summed E-state index contributed by atoms with van der Waals surface area (Å²) in [6, 6.07) is 17.3. The fourth-order valence-corrected chi connectivity index (χ4v) is 4.71. The number of benzene rings is 2. The van der Waals surface area contributed by atoms with Gasteiger partial charge in [0, 0.05) is 17.5 Å². The second-order valence-electron chi connectivity index (χ2n) is 12.8. The van der Waals surface area contributed by atoms with Gasteiger partial charge in [0.05, 0.1) is 30.6 Å². The lowest BCUT2D eigenvalue weighted by Gasteiger charge is -2.33. The molecule has 11 heteroatoms. The Hall–Kier alpha value is -4.51. The first-order chi connectivity index (χ1) is 21.2. The number of fused-ring (bicyclic) bond motifs is 1. The van der Waals surface area contributed by atoms with Gasteiger partial charge in [-0.15, -0.1) is 0 Å². The first-order valence-electron chi connectivity index (χ1n) is 15.3. The van der Waals surface area contributed by atoms with Crippen LogP contribution in [0, 0.1) is 5.92 Å². The van der Waals surface area contributed by atoms with Crippen LogP contribution in [0.3, 0.4) is 0 Å². The van der Waals surface area contributed by atoms with Gasteiger partial charge in [-0.2, -0.15) is 0 Å². The molecule has 3 aromatic rings. The van der Waals surface area contributed by atoms with Crippen LogP contribution >= 0.6 is 0 Å². The van der Waals surface area contributed by atoms with Gasteiger partial charge in [0.15, 0.2) is 0 Å². The van der Waals surface area contributed by atoms with Crippen molar-refractivity contribution in [3.05, 3.63) is 78.0 Å². The largest absolute Gasteiger partial charge is 0.389 e. The second-order valence-corrected chi connectivity index (χ2v) is 12.8. The summed E-state index contributed by atoms with van der Waals surface area (Å²) in [7, 11) is 0. The van der Waals surface area contributed by atoms with Crippen molar-refractivity contribution in [3.8, 4) is 0 Å². The number of amides is 5. The number of aromatic nitrogens is 1. The van der Waals surface area contributed by atoms with E-state index >= 15 is 0 Å². The van der Waals surface area contributed by atoms with E-state index in [0.717, 1.165) is 17.4 Å². The van der Waals surface area contributed by atoms with Crippen molar-refractivity contribution in [1.29, 1.82) is 0 Å². The van der Waals surface area contributed by atoms with Crippen LogP contribution in [0.25, 0.3) is 10.9 Å². The smallest absolute Gasteiger partial charge is 0.317 e. The van der Waals surface area contributed by atoms with Crippen molar-refractivity contribution in [2.24, 2.45) is 11.7 Å². The Morgan fingerprint density at radius 2 is 1.60 bits per heavy atom. The van der Waals surface area contributed by atoms with Crippen LogP contribution in [0.2, 0.25) is 0 Å². The van der Waals surface area contributed by atoms with Gasteiger partial charge in [-0.1, -0.05) is 68.4 Å². The standard InChI is InChI=1S/C34H46N6O5/c1-22(2)17-18-40(33(45)39-34(3,4)5)21-29(41)27(19-23-11-7-6-8-12-23)37-32(44)28(20-30(35)42)38-31(43)26-16-15-24-13-9-10-14-25(24)36-26/h6-16,22,27-29,41H,17-21H2,1-5H3,(H2,35,42)(H,37,44)(H,38,43)(H,39,45)/t27-,28-,29?/m0/s1. The Bertz CT molecular complexity index is 1460. The van der Waals surface area contributed by atoms with Gasteiger partial charge in [-0.25, -0.2) is 9.78 Å². The summed E-state index contributed by atoms with van der Waals surface area (Å²) in [6.07, 6.45) is -0.696. The maximum atomic E-state index is 13.6. The fraction of sp³-hybridized carbons (Fsp3) is 0.441. The van der Waals surface area contributed by atoms with Crippen LogP contribution in [0.15, 0.2) is 66.7 Å². The molecule has 0 fully saturated rings. The van der Waals surface area contributed by atoms with E-state index in [1.165, 1.54) is 6.07 Å². The number of carbonyl (C=O) groups is 4. The lowest BCUT2D eigenvalue weighted by molar-refractivity contribution is -0.128. The molecule has 0 aliphatic rings. The van der Waals surface area contributed by atoms with E-state index in [0.29, 0.717) is 18.0 Å². The minimum absolute atomic E-state index is 0.0553. The van der Waals surface area contributed by atoms with E-state index in [1.807, 2.05) is 63.2 Å². The summed E-state index contributed by atoms with van der Waals surface area (Å²) in [5.74, 6) is -1.82. The monoisotopic (exact) mass is 618 g/mol. The molecule has 6 N–H and O–H groups in total. The molecule has 0 aliphatic carbocycles. The predicted octanol–water partition coefficient (Wildman–Crippen LogP) is 3.15. The Morgan fingerprint density at radius 1 is 0.933 bits per heavy atom. The number of nitrogens with two attached hydrogens (primary N) is 1. The first kappa shape index (κ1) is 35.0. The van der Waals surface area contributed by atoms with Crippen LogP contribution in [-0.4, -0.2) is 75.6 Å². The number of pyridine rings is 1. The number of aliphatic hydroxyl groups excluding tert-OH is 1. The van der Waals surface area contributed by atoms with Gasteiger partial charge in [0.25, 0.3) is 5.91 Å². The summed E-state index contributed by atoms with van der Waals surface area (Å²) < 4.78 is 0. The number of primary amides is 1. The Morgan fingerprint density at radius 3 is 2.24 bits per heavy atom. The Balaban J connectivity index is 1.83. The molecule has 45 heavy (non-hydrogen) atoms. The van der Waals surface area contributed by atoms with Gasteiger partial charge in [0.1, 0.15) is 11.7 Å². The van der Waals surface area contributed by atoms with Crippen LogP contribution in [0.5, 0.6) is 0 Å². The van der Waals surface area contributed by atoms with Crippen molar-refractivity contribution in [2.75, 3.05) is 13.1 Å². The van der Waals surface area contributed by atoms with E-state index in [-0.39, 0.29) is 24.7 Å². The molecule has 3 atom stereocenters. The van der Waals surface area contributed by atoms with Crippen LogP contribution in [0.4, 0.5) is 4.79 Å². The SMILES string of the molecule is CC(C)CCN(CC(O)[C@H](Cc1ccccc1)NC(=O)[C@H](CC(N)=O)NC(=O)c1ccc2ccccc2n1)C(=O)NC(C)(C)C. The molecule has 2 aromatic carbocycles. The second kappa shape index (κ2) is 16.0. The van der Waals surface area contributed by atoms with E-state index < -0.39 is 47.9 Å². The van der Waals surface area contributed by atoms with Crippen molar-refractivity contribution in [3.63, 3.8) is 0 Å². The maximum absolute atomic E-state index is 13.6. The van der Waals surface area contributed by atoms with Gasteiger partial charge >= 0.3 is 6.03 Å². The molecular weight excluding hydrogens is 572 g/mol. The summed E-state index contributed by atoms with van der Waals surface area (Å²) >= 11 is 0. The number of carbonyl (C=O) groups excluding carboxylic acids is 4. The molecule has 0 bridgehead atoms. The van der Waals surface area contributed by atoms with Crippen LogP contribution in [0.1, 0.15) is 63.5 Å². The summed E-state index contributed by atoms with van der Waals surface area (Å²) in [5, 5.41) is 20.7. The average Bonchev–Trinajstić information content (AvgIpc) is 2.97. The normalized spacial score (nSPS) is 13.5. The van der Waals surface area contributed by atoms with Gasteiger partial charge < -0.3 is 31.7 Å². The molecule has 0 aliphatic heterocycles. The summed E-state index contributed by atoms with van der Waals surface area (Å²) in [6.45, 7) is 10.1. The van der Waals surface area contributed by atoms with Crippen LogP contribution < -0.4 is 21.7 Å². The zero-order valence-electron chi connectivity index (χ0n) is 26.7. The number of aliphatic hydroxyl groups is 1. The molecule has 0 saturated heterocycles. The third kappa shape index (κ3) is 11.5. The van der Waals surface area contributed by atoms with Crippen molar-refractivity contribution >= 4 is 34.7 Å². The lowest BCUT2D eigenvalue weighted by Crippen LogP contribution is -2.57. The highest BCUT2D eigenvalue weighted by atomic mass is 16.3.